The summed E-state index contributed by atoms with van der Waals surface area (Å²) in [6, 6.07) is 17.0. The molecule has 0 saturated heterocycles. The van der Waals surface area contributed by atoms with E-state index in [0.717, 1.165) is 6.42 Å². The van der Waals surface area contributed by atoms with Crippen LogP contribution in [0.5, 0.6) is 0 Å². The van der Waals surface area contributed by atoms with Crippen molar-refractivity contribution in [1.29, 1.82) is 0 Å². The van der Waals surface area contributed by atoms with Crippen molar-refractivity contribution in [2.75, 3.05) is 26.3 Å². The van der Waals surface area contributed by atoms with Crippen molar-refractivity contribution in [3.8, 4) is 0 Å². The van der Waals surface area contributed by atoms with Crippen molar-refractivity contribution in [1.82, 2.24) is 10.6 Å². The Hall–Kier alpha value is -2.37. The first-order valence-electron chi connectivity index (χ1n) is 9.08. The molecule has 0 heterocycles. The van der Waals surface area contributed by atoms with Crippen LogP contribution in [0.4, 0.5) is 0 Å². The predicted octanol–water partition coefficient (Wildman–Crippen LogP) is 3.23. The summed E-state index contributed by atoms with van der Waals surface area (Å²) in [5.41, 5.74) is 1.67. The van der Waals surface area contributed by atoms with Crippen LogP contribution in [0.15, 0.2) is 54.6 Å². The van der Waals surface area contributed by atoms with Gasteiger partial charge in [0.15, 0.2) is 0 Å². The Morgan fingerprint density at radius 3 is 2.37 bits per heavy atom. The van der Waals surface area contributed by atoms with Crippen molar-refractivity contribution in [2.45, 2.75) is 19.3 Å². The fraction of sp³-hybridized carbons (Fsp3) is 0.333. The summed E-state index contributed by atoms with van der Waals surface area (Å²) in [6.07, 6.45) is 1.95. The van der Waals surface area contributed by atoms with Gasteiger partial charge in [0.1, 0.15) is 0 Å². The molecule has 0 unspecified atom stereocenters. The number of nitrogens with one attached hydrogen (secondary N) is 2. The van der Waals surface area contributed by atoms with Crippen molar-refractivity contribution in [2.24, 2.45) is 0 Å². The van der Waals surface area contributed by atoms with Gasteiger partial charge in [-0.25, -0.2) is 0 Å². The van der Waals surface area contributed by atoms with Crippen LogP contribution in [0.2, 0.25) is 5.02 Å². The maximum atomic E-state index is 12.0. The second-order valence-electron chi connectivity index (χ2n) is 6.04. The van der Waals surface area contributed by atoms with Crippen LogP contribution in [0, 0.1) is 0 Å². The van der Waals surface area contributed by atoms with Gasteiger partial charge in [0.05, 0.1) is 17.2 Å². The molecule has 0 saturated carbocycles. The molecule has 0 radical (unpaired) electrons. The molecule has 0 aliphatic heterocycles. The van der Waals surface area contributed by atoms with E-state index in [0.29, 0.717) is 49.7 Å². The van der Waals surface area contributed by atoms with Crippen LogP contribution >= 0.6 is 11.6 Å². The molecular weight excluding hydrogens is 364 g/mol. The van der Waals surface area contributed by atoms with Gasteiger partial charge >= 0.3 is 0 Å². The van der Waals surface area contributed by atoms with Crippen molar-refractivity contribution in [3.63, 3.8) is 0 Å². The lowest BCUT2D eigenvalue weighted by Crippen LogP contribution is -2.34. The van der Waals surface area contributed by atoms with Crippen molar-refractivity contribution in [3.05, 3.63) is 70.7 Å². The van der Waals surface area contributed by atoms with Crippen LogP contribution in [0.1, 0.15) is 28.8 Å². The first kappa shape index (κ1) is 20.9. The zero-order valence-electron chi connectivity index (χ0n) is 15.2. The van der Waals surface area contributed by atoms with Gasteiger partial charge < -0.3 is 15.4 Å². The van der Waals surface area contributed by atoms with Gasteiger partial charge in [0, 0.05) is 26.1 Å². The quantitative estimate of drug-likeness (QED) is 0.581. The Morgan fingerprint density at radius 2 is 1.59 bits per heavy atom. The highest BCUT2D eigenvalue weighted by molar-refractivity contribution is 6.33. The molecule has 0 aromatic heterocycles. The highest BCUT2D eigenvalue weighted by Gasteiger charge is 2.08. The van der Waals surface area contributed by atoms with Gasteiger partial charge in [-0.3, -0.25) is 9.59 Å². The topological polar surface area (TPSA) is 67.4 Å². The summed E-state index contributed by atoms with van der Waals surface area (Å²) in [6.45, 7) is 1.94. The monoisotopic (exact) mass is 388 g/mol. The number of rotatable bonds is 11. The minimum absolute atomic E-state index is 0.0475. The summed E-state index contributed by atoms with van der Waals surface area (Å²) < 4.78 is 5.56. The summed E-state index contributed by atoms with van der Waals surface area (Å²) in [7, 11) is 0. The SMILES string of the molecule is O=C(CCCOCCc1ccccc1)NCCNC(=O)c1ccccc1Cl. The van der Waals surface area contributed by atoms with Gasteiger partial charge in [0.25, 0.3) is 5.91 Å². The maximum absolute atomic E-state index is 12.0. The molecule has 27 heavy (non-hydrogen) atoms. The highest BCUT2D eigenvalue weighted by Crippen LogP contribution is 2.14. The van der Waals surface area contributed by atoms with E-state index in [1.54, 1.807) is 24.3 Å². The summed E-state index contributed by atoms with van der Waals surface area (Å²) in [5, 5.41) is 5.92. The lowest BCUT2D eigenvalue weighted by molar-refractivity contribution is -0.121. The number of amides is 2. The van der Waals surface area contributed by atoms with E-state index < -0.39 is 0 Å². The second-order valence-corrected chi connectivity index (χ2v) is 6.44. The Bertz CT molecular complexity index is 722. The molecule has 0 aliphatic rings. The molecule has 2 aromatic rings. The van der Waals surface area contributed by atoms with E-state index in [-0.39, 0.29) is 11.8 Å². The fourth-order valence-electron chi connectivity index (χ4n) is 2.48. The van der Waals surface area contributed by atoms with E-state index >= 15 is 0 Å². The minimum Gasteiger partial charge on any atom is -0.381 e. The maximum Gasteiger partial charge on any atom is 0.252 e. The minimum atomic E-state index is -0.248. The molecule has 0 bridgehead atoms. The summed E-state index contributed by atoms with van der Waals surface area (Å²) >= 11 is 5.97. The fourth-order valence-corrected chi connectivity index (χ4v) is 2.70. The Balaban J connectivity index is 1.48. The molecule has 0 spiro atoms. The van der Waals surface area contributed by atoms with Gasteiger partial charge in [-0.05, 0) is 30.5 Å². The third-order valence-corrected chi connectivity index (χ3v) is 4.25. The number of benzene rings is 2. The van der Waals surface area contributed by atoms with Gasteiger partial charge in [-0.15, -0.1) is 0 Å². The van der Waals surface area contributed by atoms with Gasteiger partial charge in [-0.1, -0.05) is 54.1 Å². The zero-order valence-corrected chi connectivity index (χ0v) is 16.0. The van der Waals surface area contributed by atoms with E-state index in [2.05, 4.69) is 22.8 Å². The number of carbonyl (C=O) groups excluding carboxylic acids is 2. The molecule has 5 nitrogen and oxygen atoms in total. The first-order valence-corrected chi connectivity index (χ1v) is 9.45. The lowest BCUT2D eigenvalue weighted by atomic mass is 10.2. The third kappa shape index (κ3) is 8.24. The zero-order chi connectivity index (χ0) is 19.3. The first-order chi connectivity index (χ1) is 13.2. The molecule has 0 aliphatic carbocycles. The number of hydrogen-bond donors (Lipinski definition) is 2. The molecule has 2 N–H and O–H groups in total. The number of halogens is 1. The van der Waals surface area contributed by atoms with Crippen LogP contribution in [0.25, 0.3) is 0 Å². The third-order valence-electron chi connectivity index (χ3n) is 3.92. The molecular formula is C21H25ClN2O3. The van der Waals surface area contributed by atoms with Crippen LogP contribution < -0.4 is 10.6 Å². The highest BCUT2D eigenvalue weighted by atomic mass is 35.5. The summed E-state index contributed by atoms with van der Waals surface area (Å²) in [5.74, 6) is -0.296. The number of carbonyl (C=O) groups is 2. The molecule has 0 fully saturated rings. The Labute approximate surface area is 165 Å². The Kier molecular flexibility index (Phi) is 9.38. The van der Waals surface area contributed by atoms with Crippen LogP contribution in [-0.4, -0.2) is 38.1 Å². The average Bonchev–Trinajstić information content (AvgIpc) is 2.69. The lowest BCUT2D eigenvalue weighted by Gasteiger charge is -2.08. The molecule has 2 aromatic carbocycles. The number of ether oxygens (including phenoxy) is 1. The predicted molar refractivity (Wildman–Crippen MR) is 107 cm³/mol. The molecule has 2 rings (SSSR count). The van der Waals surface area contributed by atoms with Gasteiger partial charge in [0.2, 0.25) is 5.91 Å². The summed E-state index contributed by atoms with van der Waals surface area (Å²) in [4.78, 5) is 23.7. The molecule has 6 heteroatoms. The average molecular weight is 389 g/mol. The van der Waals surface area contributed by atoms with Crippen molar-refractivity contribution < 1.29 is 14.3 Å². The second kappa shape index (κ2) is 12.1. The van der Waals surface area contributed by atoms with Gasteiger partial charge in [-0.2, -0.15) is 0 Å². The normalized spacial score (nSPS) is 10.4. The molecule has 2 amide bonds. The van der Waals surface area contributed by atoms with Crippen LogP contribution in [-0.2, 0) is 16.0 Å². The van der Waals surface area contributed by atoms with E-state index in [4.69, 9.17) is 16.3 Å². The number of hydrogen-bond acceptors (Lipinski definition) is 3. The van der Waals surface area contributed by atoms with E-state index in [1.165, 1.54) is 5.56 Å². The van der Waals surface area contributed by atoms with E-state index in [9.17, 15) is 9.59 Å². The largest absolute Gasteiger partial charge is 0.381 e. The molecule has 0 atom stereocenters. The van der Waals surface area contributed by atoms with Crippen molar-refractivity contribution >= 4 is 23.4 Å². The standard InChI is InChI=1S/C21H25ClN2O3/c22-19-10-5-4-9-18(19)21(26)24-14-13-23-20(25)11-6-15-27-16-12-17-7-2-1-3-8-17/h1-5,7-10H,6,11-16H2,(H,23,25)(H,24,26). The van der Waals surface area contributed by atoms with E-state index in [1.807, 2.05) is 18.2 Å². The molecule has 144 valence electrons. The Morgan fingerprint density at radius 1 is 0.889 bits per heavy atom. The smallest absolute Gasteiger partial charge is 0.252 e. The van der Waals surface area contributed by atoms with Crippen LogP contribution in [0.3, 0.4) is 0 Å².